The van der Waals surface area contributed by atoms with Crippen LogP contribution in [-0.4, -0.2) is 70.4 Å². The van der Waals surface area contributed by atoms with Crippen LogP contribution >= 0.6 is 0 Å². The maximum atomic E-state index is 11.1. The minimum absolute atomic E-state index is 0.127. The molecule has 1 spiro atoms. The molecule has 1 aliphatic heterocycles. The van der Waals surface area contributed by atoms with E-state index in [4.69, 9.17) is 4.74 Å². The summed E-state index contributed by atoms with van der Waals surface area (Å²) in [6, 6.07) is 0. The number of nitrogens with zero attached hydrogens (tertiary/aromatic N) is 1. The summed E-state index contributed by atoms with van der Waals surface area (Å²) in [6.45, 7) is 16.3. The lowest BCUT2D eigenvalue weighted by Crippen LogP contribution is -2.63. The van der Waals surface area contributed by atoms with Crippen LogP contribution in [0.2, 0.25) is 0 Å². The van der Waals surface area contributed by atoms with Crippen molar-refractivity contribution in [2.75, 3.05) is 32.8 Å². The Morgan fingerprint density at radius 2 is 1.47 bits per heavy atom. The van der Waals surface area contributed by atoms with Gasteiger partial charge in [-0.15, -0.1) is 0 Å². The first-order valence-corrected chi connectivity index (χ1v) is 18.9. The molecule has 43 heavy (non-hydrogen) atoms. The molecule has 1 heterocycles. The van der Waals surface area contributed by atoms with Crippen molar-refractivity contribution in [2.45, 2.75) is 161 Å². The molecule has 4 saturated carbocycles. The SMILES string of the molecule is CC(C)CCC[C@@H](C)[C@H]1CC[C@H]2[C@@H]3C[C@]4(CN(CCCCCO)CCCCCO)O[C@]45C[C@@H](O)CC[C@]5(C)[C@H]3CC[C@]12C. The number of hydrogen-bond donors (Lipinski definition) is 3. The van der Waals surface area contributed by atoms with Crippen LogP contribution in [0.5, 0.6) is 0 Å². The molecule has 0 aromatic rings. The Balaban J connectivity index is 1.37. The van der Waals surface area contributed by atoms with Crippen LogP contribution in [-0.2, 0) is 4.74 Å². The summed E-state index contributed by atoms with van der Waals surface area (Å²) < 4.78 is 7.26. The predicted octanol–water partition coefficient (Wildman–Crippen LogP) is 7.60. The van der Waals surface area contributed by atoms with Gasteiger partial charge in [0, 0.05) is 31.6 Å². The fraction of sp³-hybridized carbons (Fsp3) is 1.00. The minimum atomic E-state index is -0.231. The Kier molecular flexibility index (Phi) is 11.0. The van der Waals surface area contributed by atoms with Gasteiger partial charge in [0.2, 0.25) is 0 Å². The summed E-state index contributed by atoms with van der Waals surface area (Å²) in [5, 5.41) is 29.8. The maximum Gasteiger partial charge on any atom is 0.112 e. The van der Waals surface area contributed by atoms with Gasteiger partial charge in [-0.1, -0.05) is 53.9 Å². The lowest BCUT2D eigenvalue weighted by molar-refractivity contribution is -0.124. The Hall–Kier alpha value is -0.200. The van der Waals surface area contributed by atoms with Gasteiger partial charge in [-0.2, -0.15) is 0 Å². The fourth-order valence-electron chi connectivity index (χ4n) is 12.1. The molecule has 0 bridgehead atoms. The summed E-state index contributed by atoms with van der Waals surface area (Å²) in [4.78, 5) is 2.68. The molecule has 250 valence electrons. The van der Waals surface area contributed by atoms with Crippen LogP contribution in [0.25, 0.3) is 0 Å². The van der Waals surface area contributed by atoms with E-state index in [2.05, 4.69) is 39.5 Å². The van der Waals surface area contributed by atoms with Crippen LogP contribution < -0.4 is 0 Å². The molecule has 3 N–H and O–H groups in total. The van der Waals surface area contributed by atoms with Crippen molar-refractivity contribution < 1.29 is 20.1 Å². The second-order valence-electron chi connectivity index (χ2n) is 17.2. The van der Waals surface area contributed by atoms with Gasteiger partial charge in [-0.3, -0.25) is 0 Å². The van der Waals surface area contributed by atoms with Crippen molar-refractivity contribution in [1.82, 2.24) is 4.90 Å². The average molecular weight is 604 g/mol. The van der Waals surface area contributed by atoms with Gasteiger partial charge >= 0.3 is 0 Å². The van der Waals surface area contributed by atoms with Gasteiger partial charge in [-0.05, 0) is 137 Å². The molecular formula is C38H69NO4. The summed E-state index contributed by atoms with van der Waals surface area (Å²) >= 11 is 0. The highest BCUT2D eigenvalue weighted by molar-refractivity contribution is 5.31. The third kappa shape index (κ3) is 6.39. The van der Waals surface area contributed by atoms with Crippen LogP contribution in [0.1, 0.15) is 144 Å². The molecule has 5 fully saturated rings. The lowest BCUT2D eigenvalue weighted by atomic mass is 9.42. The summed E-state index contributed by atoms with van der Waals surface area (Å²) in [7, 11) is 0. The second kappa shape index (κ2) is 13.9. The summed E-state index contributed by atoms with van der Waals surface area (Å²) in [6.07, 6.45) is 19.7. The monoisotopic (exact) mass is 604 g/mol. The quantitative estimate of drug-likeness (QED) is 0.118. The van der Waals surface area contributed by atoms with E-state index in [-0.39, 0.29) is 35.9 Å². The second-order valence-corrected chi connectivity index (χ2v) is 17.2. The van der Waals surface area contributed by atoms with E-state index in [1.165, 1.54) is 51.4 Å². The first kappa shape index (κ1) is 34.1. The van der Waals surface area contributed by atoms with E-state index in [0.717, 1.165) is 113 Å². The normalized spacial score (nSPS) is 42.4. The molecule has 0 unspecified atom stereocenters. The number of ether oxygens (including phenoxy) is 1. The van der Waals surface area contributed by atoms with Gasteiger partial charge in [0.25, 0.3) is 0 Å². The number of rotatable bonds is 17. The van der Waals surface area contributed by atoms with E-state index in [1.807, 2.05) is 0 Å². The number of unbranched alkanes of at least 4 members (excludes halogenated alkanes) is 4. The molecule has 0 radical (unpaired) electrons. The highest BCUT2D eigenvalue weighted by Gasteiger charge is 2.83. The smallest absolute Gasteiger partial charge is 0.112 e. The van der Waals surface area contributed by atoms with Crippen LogP contribution in [0.4, 0.5) is 0 Å². The van der Waals surface area contributed by atoms with Crippen molar-refractivity contribution in [1.29, 1.82) is 0 Å². The Morgan fingerprint density at radius 1 is 0.767 bits per heavy atom. The molecule has 4 aliphatic carbocycles. The first-order valence-electron chi connectivity index (χ1n) is 18.9. The molecule has 0 aromatic carbocycles. The van der Waals surface area contributed by atoms with E-state index < -0.39 is 0 Å². The highest BCUT2D eigenvalue weighted by Crippen LogP contribution is 2.78. The van der Waals surface area contributed by atoms with Gasteiger partial charge < -0.3 is 25.0 Å². The van der Waals surface area contributed by atoms with Gasteiger partial charge in [0.1, 0.15) is 11.2 Å². The minimum Gasteiger partial charge on any atom is -0.396 e. The first-order chi connectivity index (χ1) is 20.6. The largest absolute Gasteiger partial charge is 0.396 e. The van der Waals surface area contributed by atoms with E-state index in [1.54, 1.807) is 0 Å². The third-order valence-corrected chi connectivity index (χ3v) is 14.3. The number of hydrogen-bond acceptors (Lipinski definition) is 5. The Labute approximate surface area is 264 Å². The number of aliphatic hydroxyl groups excluding tert-OH is 3. The molecular weight excluding hydrogens is 534 g/mol. The number of aliphatic hydroxyl groups is 3. The predicted molar refractivity (Wildman–Crippen MR) is 176 cm³/mol. The third-order valence-electron chi connectivity index (χ3n) is 14.3. The Bertz CT molecular complexity index is 885. The zero-order valence-corrected chi connectivity index (χ0v) is 28.8. The number of epoxide rings is 1. The van der Waals surface area contributed by atoms with Crippen molar-refractivity contribution in [2.24, 2.45) is 46.3 Å². The van der Waals surface area contributed by atoms with Gasteiger partial charge in [-0.25, -0.2) is 0 Å². The number of fused-ring (bicyclic) bond motifs is 4. The zero-order valence-electron chi connectivity index (χ0n) is 28.8. The van der Waals surface area contributed by atoms with Gasteiger partial charge in [0.05, 0.1) is 6.10 Å². The van der Waals surface area contributed by atoms with Crippen molar-refractivity contribution in [3.8, 4) is 0 Å². The Morgan fingerprint density at radius 3 is 2.12 bits per heavy atom. The molecule has 0 amide bonds. The van der Waals surface area contributed by atoms with E-state index >= 15 is 0 Å². The van der Waals surface area contributed by atoms with Crippen LogP contribution in [0.15, 0.2) is 0 Å². The van der Waals surface area contributed by atoms with Crippen molar-refractivity contribution in [3.05, 3.63) is 0 Å². The fourth-order valence-corrected chi connectivity index (χ4v) is 12.1. The summed E-state index contributed by atoms with van der Waals surface area (Å²) in [5.41, 5.74) is 0.338. The highest BCUT2D eigenvalue weighted by atomic mass is 16.6. The molecule has 5 rings (SSSR count). The molecule has 1 saturated heterocycles. The van der Waals surface area contributed by atoms with Crippen molar-refractivity contribution in [3.63, 3.8) is 0 Å². The molecule has 0 aromatic heterocycles. The van der Waals surface area contributed by atoms with Crippen LogP contribution in [0.3, 0.4) is 0 Å². The van der Waals surface area contributed by atoms with E-state index in [0.29, 0.717) is 5.41 Å². The van der Waals surface area contributed by atoms with Crippen LogP contribution in [0, 0.1) is 46.3 Å². The zero-order chi connectivity index (χ0) is 30.9. The average Bonchev–Trinajstić information content (AvgIpc) is 3.43. The summed E-state index contributed by atoms with van der Waals surface area (Å²) in [5.74, 6) is 4.79. The maximum absolute atomic E-state index is 11.1. The molecule has 5 nitrogen and oxygen atoms in total. The molecule has 5 aliphatic rings. The van der Waals surface area contributed by atoms with Gasteiger partial charge in [0.15, 0.2) is 0 Å². The molecule has 10 atom stereocenters. The standard InChI is InChI=1S/C38H69NO4/c1-28(2)13-12-14-29(3)32-15-16-33-31-26-37(27-39(21-8-6-10-23-40)22-9-7-11-24-41)38(43-37)25-30(42)17-20-36(38,5)34(31)18-19-35(32,33)4/h28-34,40-42H,6-27H2,1-5H3/t29-,30+,31+,32-,33+,34+,35-,36-,37-,38+/m1/s1. The van der Waals surface area contributed by atoms with Crippen molar-refractivity contribution >= 4 is 0 Å². The lowest BCUT2D eigenvalue weighted by Gasteiger charge is -2.61. The topological polar surface area (TPSA) is 76.5 Å². The molecule has 5 heteroatoms. The van der Waals surface area contributed by atoms with E-state index in [9.17, 15) is 15.3 Å².